The second-order valence-electron chi connectivity index (χ2n) is 5.43. The maximum absolute atomic E-state index is 13.1. The monoisotopic (exact) mass is 399 g/mol. The number of hydrogen-bond acceptors (Lipinski definition) is 6. The van der Waals surface area contributed by atoms with Gasteiger partial charge in [0.25, 0.3) is 11.6 Å². The van der Waals surface area contributed by atoms with Crippen LogP contribution < -0.4 is 10.0 Å². The minimum atomic E-state index is -4.98. The van der Waals surface area contributed by atoms with Crippen molar-refractivity contribution in [1.82, 2.24) is 0 Å². The number of esters is 1. The molecule has 0 aliphatic rings. The number of carbonyl (C=O) groups is 2. The van der Waals surface area contributed by atoms with Gasteiger partial charge in [-0.2, -0.15) is 17.9 Å². The highest BCUT2D eigenvalue weighted by atomic mass is 19.4. The first-order valence-corrected chi connectivity index (χ1v) is 7.56. The molecule has 1 heterocycles. The van der Waals surface area contributed by atoms with Crippen LogP contribution in [-0.4, -0.2) is 22.9 Å². The first-order valence-electron chi connectivity index (χ1n) is 7.56. The maximum atomic E-state index is 13.1. The lowest BCUT2D eigenvalue weighted by Gasteiger charge is -2.16. The summed E-state index contributed by atoms with van der Waals surface area (Å²) in [6.45, 7) is 1.09. The maximum Gasteiger partial charge on any atom is 0.418 e. The van der Waals surface area contributed by atoms with Gasteiger partial charge in [-0.1, -0.05) is 0 Å². The van der Waals surface area contributed by atoms with E-state index in [1.54, 1.807) is 0 Å². The third-order valence-electron chi connectivity index (χ3n) is 3.46. The van der Waals surface area contributed by atoms with Gasteiger partial charge < -0.3 is 15.3 Å². The Morgan fingerprint density at radius 2 is 1.93 bits per heavy atom. The standard InChI is InChI=1S/C16H12F3N3O6/c1-9(28-15(24)13-4-2-3-7-21(13)25)14(23)20-12-6-5-10(22(26)27)8-11(12)16(17,18)19/h2-9H,1H3,(H,20,23)/t9-/m1/s1. The summed E-state index contributed by atoms with van der Waals surface area (Å²) in [6.07, 6.45) is -5.51. The van der Waals surface area contributed by atoms with Gasteiger partial charge in [-0.05, 0) is 19.1 Å². The molecule has 2 aromatic rings. The van der Waals surface area contributed by atoms with Crippen LogP contribution in [0.15, 0.2) is 42.6 Å². The van der Waals surface area contributed by atoms with Crippen molar-refractivity contribution in [2.75, 3.05) is 5.32 Å². The number of anilines is 1. The van der Waals surface area contributed by atoms with Crippen molar-refractivity contribution in [2.24, 2.45) is 0 Å². The molecule has 0 saturated carbocycles. The molecule has 0 bridgehead atoms. The first kappa shape index (κ1) is 20.6. The molecule has 1 atom stereocenters. The van der Waals surface area contributed by atoms with Gasteiger partial charge in [0.1, 0.15) is 0 Å². The van der Waals surface area contributed by atoms with Crippen molar-refractivity contribution < 1.29 is 37.2 Å². The van der Waals surface area contributed by atoms with E-state index in [-0.39, 0.29) is 10.8 Å². The number of nitro groups is 1. The Morgan fingerprint density at radius 1 is 1.25 bits per heavy atom. The smallest absolute Gasteiger partial charge is 0.418 e. The Balaban J connectivity index is 2.19. The third kappa shape index (κ3) is 4.72. The number of benzene rings is 1. The number of carbonyl (C=O) groups excluding carboxylic acids is 2. The number of nitrogens with zero attached hydrogens (tertiary/aromatic N) is 2. The van der Waals surface area contributed by atoms with Crippen molar-refractivity contribution in [3.63, 3.8) is 0 Å². The Bertz CT molecular complexity index is 932. The van der Waals surface area contributed by atoms with E-state index in [1.165, 1.54) is 12.1 Å². The second kappa shape index (κ2) is 7.90. The van der Waals surface area contributed by atoms with Gasteiger partial charge in [0.15, 0.2) is 12.3 Å². The van der Waals surface area contributed by atoms with Crippen LogP contribution in [0.5, 0.6) is 0 Å². The molecular weight excluding hydrogens is 387 g/mol. The molecule has 2 rings (SSSR count). The normalized spacial score (nSPS) is 12.1. The lowest BCUT2D eigenvalue weighted by Crippen LogP contribution is -2.37. The van der Waals surface area contributed by atoms with Crippen LogP contribution in [0.3, 0.4) is 0 Å². The average Bonchev–Trinajstić information content (AvgIpc) is 2.61. The molecule has 9 nitrogen and oxygen atoms in total. The highest BCUT2D eigenvalue weighted by Gasteiger charge is 2.36. The van der Waals surface area contributed by atoms with Gasteiger partial charge in [0.2, 0.25) is 0 Å². The number of rotatable bonds is 5. The molecule has 0 aliphatic heterocycles. The van der Waals surface area contributed by atoms with Gasteiger partial charge in [-0.25, -0.2) is 4.79 Å². The third-order valence-corrected chi connectivity index (χ3v) is 3.46. The van der Waals surface area contributed by atoms with E-state index in [0.717, 1.165) is 31.3 Å². The largest absolute Gasteiger partial charge is 0.618 e. The zero-order chi connectivity index (χ0) is 21.1. The molecule has 1 aromatic heterocycles. The summed E-state index contributed by atoms with van der Waals surface area (Å²) in [6, 6.07) is 5.64. The van der Waals surface area contributed by atoms with E-state index >= 15 is 0 Å². The Kier molecular flexibility index (Phi) is 5.81. The fourth-order valence-corrected chi connectivity index (χ4v) is 2.08. The summed E-state index contributed by atoms with van der Waals surface area (Å²) in [5.74, 6) is -2.28. The van der Waals surface area contributed by atoms with Crippen LogP contribution in [-0.2, 0) is 15.7 Å². The summed E-state index contributed by atoms with van der Waals surface area (Å²) in [5.41, 5.74) is -3.42. The van der Waals surface area contributed by atoms with E-state index in [4.69, 9.17) is 4.74 Å². The van der Waals surface area contributed by atoms with Crippen LogP contribution in [0.2, 0.25) is 0 Å². The molecule has 148 valence electrons. The van der Waals surface area contributed by atoms with E-state index in [9.17, 15) is 38.1 Å². The summed E-state index contributed by atoms with van der Waals surface area (Å²) in [7, 11) is 0. The quantitative estimate of drug-likeness (QED) is 0.271. The van der Waals surface area contributed by atoms with Crippen molar-refractivity contribution in [3.05, 3.63) is 69.2 Å². The van der Waals surface area contributed by atoms with Gasteiger partial charge >= 0.3 is 17.8 Å². The molecule has 1 aromatic carbocycles. The van der Waals surface area contributed by atoms with Crippen LogP contribution in [0, 0.1) is 15.3 Å². The van der Waals surface area contributed by atoms with Crippen LogP contribution in [0.1, 0.15) is 23.0 Å². The number of non-ortho nitro benzene ring substituents is 1. The topological polar surface area (TPSA) is 125 Å². The Hall–Kier alpha value is -3.70. The number of alkyl halides is 3. The zero-order valence-electron chi connectivity index (χ0n) is 14.1. The molecule has 0 radical (unpaired) electrons. The van der Waals surface area contributed by atoms with E-state index in [0.29, 0.717) is 0 Å². The molecule has 0 fully saturated rings. The van der Waals surface area contributed by atoms with Crippen molar-refractivity contribution >= 4 is 23.3 Å². The van der Waals surface area contributed by atoms with Crippen LogP contribution in [0.25, 0.3) is 0 Å². The molecule has 1 N–H and O–H groups in total. The summed E-state index contributed by atoms with van der Waals surface area (Å²) in [5, 5.41) is 24.1. The molecule has 0 unspecified atom stereocenters. The molecular formula is C16H12F3N3O6. The highest BCUT2D eigenvalue weighted by Crippen LogP contribution is 2.37. The lowest BCUT2D eigenvalue weighted by molar-refractivity contribution is -0.608. The summed E-state index contributed by atoms with van der Waals surface area (Å²) >= 11 is 0. The van der Waals surface area contributed by atoms with Crippen molar-refractivity contribution in [3.8, 4) is 0 Å². The fraction of sp³-hybridized carbons (Fsp3) is 0.188. The summed E-state index contributed by atoms with van der Waals surface area (Å²) < 4.78 is 44.3. The minimum Gasteiger partial charge on any atom is -0.618 e. The minimum absolute atomic E-state index is 0.199. The average molecular weight is 399 g/mol. The van der Waals surface area contributed by atoms with Crippen LogP contribution in [0.4, 0.5) is 24.5 Å². The predicted molar refractivity (Wildman–Crippen MR) is 87.0 cm³/mol. The molecule has 0 aliphatic carbocycles. The SMILES string of the molecule is C[C@@H](OC(=O)c1cccc[n+]1[O-])C(=O)Nc1ccc([N+](=O)[O-])cc1C(F)(F)F. The number of hydrogen-bond donors (Lipinski definition) is 1. The van der Waals surface area contributed by atoms with Gasteiger partial charge in [0, 0.05) is 24.3 Å². The Morgan fingerprint density at radius 3 is 2.50 bits per heavy atom. The number of nitro benzene ring substituents is 1. The molecule has 0 spiro atoms. The number of halogens is 3. The molecule has 12 heteroatoms. The molecule has 0 saturated heterocycles. The van der Waals surface area contributed by atoms with Crippen LogP contribution >= 0.6 is 0 Å². The summed E-state index contributed by atoms with van der Waals surface area (Å²) in [4.78, 5) is 33.6. The fourth-order valence-electron chi connectivity index (χ4n) is 2.08. The number of amides is 1. The van der Waals surface area contributed by atoms with E-state index < -0.39 is 51.7 Å². The molecule has 28 heavy (non-hydrogen) atoms. The van der Waals surface area contributed by atoms with Crippen molar-refractivity contribution in [2.45, 2.75) is 19.2 Å². The lowest BCUT2D eigenvalue weighted by atomic mass is 10.1. The van der Waals surface area contributed by atoms with Gasteiger partial charge in [-0.15, -0.1) is 0 Å². The predicted octanol–water partition coefficient (Wildman–Crippen LogP) is 2.43. The number of pyridine rings is 1. The second-order valence-corrected chi connectivity index (χ2v) is 5.43. The number of aromatic nitrogens is 1. The van der Waals surface area contributed by atoms with Crippen molar-refractivity contribution in [1.29, 1.82) is 0 Å². The number of ether oxygens (including phenoxy) is 1. The molecule has 1 amide bonds. The highest BCUT2D eigenvalue weighted by molar-refractivity contribution is 5.97. The number of nitrogens with one attached hydrogen (secondary N) is 1. The van der Waals surface area contributed by atoms with E-state index in [1.807, 2.05) is 5.32 Å². The van der Waals surface area contributed by atoms with Gasteiger partial charge in [-0.3, -0.25) is 14.9 Å². The van der Waals surface area contributed by atoms with Gasteiger partial charge in [0.05, 0.1) is 16.2 Å². The van der Waals surface area contributed by atoms with E-state index in [2.05, 4.69) is 0 Å². The zero-order valence-corrected chi connectivity index (χ0v) is 14.1. The first-order chi connectivity index (χ1) is 13.0. The Labute approximate surface area is 155 Å².